The molecule has 0 bridgehead atoms. The van der Waals surface area contributed by atoms with Gasteiger partial charge < -0.3 is 23.2 Å². The molecular weight excluding hydrogens is 268 g/mol. The summed E-state index contributed by atoms with van der Waals surface area (Å²) in [5, 5.41) is 8.91. The van der Waals surface area contributed by atoms with E-state index in [0.717, 1.165) is 0 Å². The van der Waals surface area contributed by atoms with Crippen molar-refractivity contribution in [2.75, 3.05) is 0 Å². The van der Waals surface area contributed by atoms with Crippen molar-refractivity contribution in [3.05, 3.63) is 0 Å². The molecule has 0 amide bonds. The first-order valence-electron chi connectivity index (χ1n) is 1.83. The Morgan fingerprint density at radius 1 is 1.00 bits per heavy atom. The SMILES string of the molecule is C.O=S(=O)([O-])[O-].O=S(=O)=S(=O)([O-])O[O-]. The van der Waals surface area contributed by atoms with Crippen LogP contribution in [0, 0.1) is 0 Å². The van der Waals surface area contributed by atoms with Crippen LogP contribution in [0.4, 0.5) is 0 Å². The van der Waals surface area contributed by atoms with Crippen molar-refractivity contribution in [2.45, 2.75) is 7.43 Å². The predicted octanol–water partition coefficient (Wildman–Crippen LogP) is -3.30. The third-order valence-electron chi connectivity index (χ3n) is 0.250. The van der Waals surface area contributed by atoms with E-state index in [9.17, 15) is 17.2 Å². The van der Waals surface area contributed by atoms with Crippen LogP contribution in [0.15, 0.2) is 0 Å². The zero-order valence-corrected chi connectivity index (χ0v) is 7.76. The van der Waals surface area contributed by atoms with Gasteiger partial charge in [0.2, 0.25) is 0 Å². The molecular formula is CH4O10S3-4. The minimum Gasteiger partial charge on any atom is -0.759 e. The Kier molecular flexibility index (Phi) is 9.76. The maximum absolute atomic E-state index is 9.55. The van der Waals surface area contributed by atoms with E-state index in [4.69, 9.17) is 22.8 Å². The monoisotopic (exact) mass is 272 g/mol. The molecule has 1 unspecified atom stereocenters. The predicted molar refractivity (Wildman–Crippen MR) is 36.1 cm³/mol. The molecule has 10 nitrogen and oxygen atoms in total. The number of rotatable bonds is 1. The maximum atomic E-state index is 9.55. The van der Waals surface area contributed by atoms with Gasteiger partial charge in [-0.1, -0.05) is 7.43 Å². The molecule has 0 rings (SSSR count). The van der Waals surface area contributed by atoms with E-state index in [2.05, 4.69) is 4.33 Å². The van der Waals surface area contributed by atoms with Crippen molar-refractivity contribution in [1.82, 2.24) is 0 Å². The minimum atomic E-state index is -5.17. The highest BCUT2D eigenvalue weighted by atomic mass is 32.9. The molecule has 0 aliphatic carbocycles. The van der Waals surface area contributed by atoms with Gasteiger partial charge >= 0.3 is 0 Å². The Morgan fingerprint density at radius 3 is 1.21 bits per heavy atom. The first-order chi connectivity index (χ1) is 5.50. The molecule has 0 aromatic heterocycles. The van der Waals surface area contributed by atoms with Crippen LogP contribution in [-0.4, -0.2) is 34.7 Å². The van der Waals surface area contributed by atoms with Crippen LogP contribution >= 0.6 is 0 Å². The van der Waals surface area contributed by atoms with Crippen molar-refractivity contribution in [3.8, 4) is 0 Å². The quantitative estimate of drug-likeness (QED) is 0.202. The summed E-state index contributed by atoms with van der Waals surface area (Å²) in [6.45, 7) is 0. The van der Waals surface area contributed by atoms with Crippen LogP contribution in [0.25, 0.3) is 0 Å². The molecule has 0 saturated heterocycles. The Balaban J connectivity index is -0.000000177. The third kappa shape index (κ3) is 17.7. The fourth-order valence-electron chi connectivity index (χ4n) is 0.0227. The highest BCUT2D eigenvalue weighted by Gasteiger charge is 1.81. The number of hydrogen-bond acceptors (Lipinski definition) is 10. The third-order valence-corrected chi connectivity index (χ3v) is 1.92. The number of hydrogen-bond donors (Lipinski definition) is 0. The molecule has 0 fully saturated rings. The van der Waals surface area contributed by atoms with Gasteiger partial charge in [-0.15, -0.1) is 0 Å². The molecule has 1 atom stereocenters. The summed E-state index contributed by atoms with van der Waals surface area (Å²) in [4.78, 5) is 0. The van der Waals surface area contributed by atoms with E-state index < -0.39 is 28.7 Å². The molecule has 14 heavy (non-hydrogen) atoms. The van der Waals surface area contributed by atoms with Crippen LogP contribution in [0.5, 0.6) is 0 Å². The molecule has 0 aromatic rings. The Labute approximate surface area is 80.9 Å². The second-order valence-electron chi connectivity index (χ2n) is 1.09. The van der Waals surface area contributed by atoms with E-state index in [-0.39, 0.29) is 7.43 Å². The Bertz CT molecular complexity index is 426. The average Bonchev–Trinajstić information content (AvgIpc) is 1.83. The van der Waals surface area contributed by atoms with Crippen molar-refractivity contribution in [2.24, 2.45) is 0 Å². The molecule has 0 aliphatic heterocycles. The molecule has 0 aromatic carbocycles. The van der Waals surface area contributed by atoms with E-state index in [1.807, 2.05) is 0 Å². The molecule has 0 spiro atoms. The smallest absolute Gasteiger partial charge is 0.280 e. The molecule has 13 heteroatoms. The summed E-state index contributed by atoms with van der Waals surface area (Å²) < 4.78 is 74.2. The topological polar surface area (TPSA) is 187 Å². The second kappa shape index (κ2) is 7.07. The molecule has 0 aliphatic rings. The lowest BCUT2D eigenvalue weighted by Gasteiger charge is -2.11. The van der Waals surface area contributed by atoms with E-state index in [0.29, 0.717) is 0 Å². The van der Waals surface area contributed by atoms with Gasteiger partial charge in [0, 0.05) is 10.4 Å². The summed E-state index contributed by atoms with van der Waals surface area (Å²) in [6.07, 6.45) is 0. The molecule has 0 radical (unpaired) electrons. The zero-order valence-electron chi connectivity index (χ0n) is 5.31. The summed E-state index contributed by atoms with van der Waals surface area (Å²) >= 11 is 0. The van der Waals surface area contributed by atoms with E-state index >= 15 is 0 Å². The molecule has 90 valence electrons. The van der Waals surface area contributed by atoms with E-state index in [1.54, 1.807) is 0 Å². The van der Waals surface area contributed by atoms with Crippen molar-refractivity contribution in [1.29, 1.82) is 0 Å². The zero-order chi connectivity index (χ0) is 11.3. The summed E-state index contributed by atoms with van der Waals surface area (Å²) in [5.41, 5.74) is 0. The van der Waals surface area contributed by atoms with Crippen LogP contribution < -0.4 is 5.26 Å². The molecule has 0 heterocycles. The lowest BCUT2D eigenvalue weighted by Crippen LogP contribution is -2.14. The van der Waals surface area contributed by atoms with Gasteiger partial charge in [-0.3, -0.25) is 8.42 Å². The van der Waals surface area contributed by atoms with Crippen LogP contribution in [-0.2, 0) is 33.0 Å². The van der Waals surface area contributed by atoms with Gasteiger partial charge in [-0.05, 0) is 0 Å². The fraction of sp³-hybridized carbons (Fsp3) is 1.00. The van der Waals surface area contributed by atoms with Gasteiger partial charge in [-0.2, -0.15) is 8.42 Å². The van der Waals surface area contributed by atoms with E-state index in [1.165, 1.54) is 0 Å². The first kappa shape index (κ1) is 19.3. The van der Waals surface area contributed by atoms with Gasteiger partial charge in [0.05, 0.1) is 0 Å². The summed E-state index contributed by atoms with van der Waals surface area (Å²) in [5.74, 6) is 0. The maximum Gasteiger partial charge on any atom is 0.280 e. The fourth-order valence-corrected chi connectivity index (χ4v) is 0.204. The highest BCUT2D eigenvalue weighted by molar-refractivity contribution is 8.32. The Morgan fingerprint density at radius 2 is 1.21 bits per heavy atom. The van der Waals surface area contributed by atoms with Gasteiger partial charge in [0.25, 0.3) is 9.26 Å². The molecule has 0 N–H and O–H groups in total. The van der Waals surface area contributed by atoms with Crippen LogP contribution in [0.2, 0.25) is 0 Å². The van der Waals surface area contributed by atoms with Gasteiger partial charge in [-0.25, -0.2) is 4.21 Å². The lowest BCUT2D eigenvalue weighted by atomic mass is 12.0. The van der Waals surface area contributed by atoms with Crippen molar-refractivity contribution >= 4 is 28.7 Å². The first-order valence-corrected chi connectivity index (χ1v) is 6.17. The highest BCUT2D eigenvalue weighted by Crippen LogP contribution is 1.77. The largest absolute Gasteiger partial charge is 0.759 e. The van der Waals surface area contributed by atoms with Gasteiger partial charge in [0.1, 0.15) is 9.05 Å². The van der Waals surface area contributed by atoms with Gasteiger partial charge in [0.15, 0.2) is 0 Å². The lowest BCUT2D eigenvalue weighted by molar-refractivity contribution is -0.635. The molecule has 0 saturated carbocycles. The second-order valence-corrected chi connectivity index (χ2v) is 5.31. The standard InChI is InChI=1S/CH4.H2O6S2.H2O4S/c;1-6-8(4,5)7(2)3;1-5(2,3)4/h1H4;1H,(H,4,5);(H2,1,2,3,4)/p-4. The van der Waals surface area contributed by atoms with Crippen molar-refractivity contribution in [3.63, 3.8) is 0 Å². The van der Waals surface area contributed by atoms with Crippen LogP contribution in [0.1, 0.15) is 7.43 Å². The summed E-state index contributed by atoms with van der Waals surface area (Å²) in [6, 6.07) is 0. The average molecular weight is 272 g/mol. The summed E-state index contributed by atoms with van der Waals surface area (Å²) in [7, 11) is -13.5. The normalized spacial score (nSPS) is 14.0. The van der Waals surface area contributed by atoms with Crippen molar-refractivity contribution < 1.29 is 44.3 Å². The Hall–Kier alpha value is -0.280. The van der Waals surface area contributed by atoms with Crippen LogP contribution in [0.3, 0.4) is 0 Å². The minimum absolute atomic E-state index is 0.